The molecular formula is C4H7N5O3. The van der Waals surface area contributed by atoms with E-state index in [1.807, 2.05) is 0 Å². The van der Waals surface area contributed by atoms with Gasteiger partial charge in [-0.05, 0) is 0 Å². The Kier molecular flexibility index (Phi) is 1.45. The zero-order valence-electron chi connectivity index (χ0n) is 5.81. The summed E-state index contributed by atoms with van der Waals surface area (Å²) >= 11 is 0. The lowest BCUT2D eigenvalue weighted by molar-refractivity contribution is 0.0912. The molecule has 7 N–H and O–H groups in total. The van der Waals surface area contributed by atoms with Crippen LogP contribution in [0, 0.1) is 10.8 Å². The summed E-state index contributed by atoms with van der Waals surface area (Å²) < 4.78 is 0.0269. The van der Waals surface area contributed by atoms with Crippen LogP contribution in [-0.2, 0) is 0 Å². The lowest BCUT2D eigenvalue weighted by Crippen LogP contribution is -2.39. The van der Waals surface area contributed by atoms with Gasteiger partial charge in [0.05, 0.1) is 0 Å². The fourth-order valence-electron chi connectivity index (χ4n) is 0.632. The van der Waals surface area contributed by atoms with E-state index in [9.17, 15) is 0 Å². The van der Waals surface area contributed by atoms with Gasteiger partial charge in [0.2, 0.25) is 11.2 Å². The van der Waals surface area contributed by atoms with Gasteiger partial charge in [-0.2, -0.15) is 0 Å². The molecule has 0 saturated heterocycles. The average molecular weight is 173 g/mol. The van der Waals surface area contributed by atoms with E-state index in [0.29, 0.717) is 0 Å². The molecule has 1 aromatic heterocycles. The predicted molar refractivity (Wildman–Crippen MR) is 34.6 cm³/mol. The zero-order chi connectivity index (χ0) is 9.46. The second-order valence-electron chi connectivity index (χ2n) is 2.03. The lowest BCUT2D eigenvalue weighted by Gasteiger charge is -2.06. The van der Waals surface area contributed by atoms with E-state index in [-0.39, 0.29) is 9.46 Å². The largest absolute Gasteiger partial charge is 0.502 e. The number of hydrogen-bond donors (Lipinski definition) is 6. The standard InChI is InChI=1S/C4H7N5O3/c5-2-1(10)3(6)9(12)4(7)8(2)11/h5,7,10-12H,6H2. The lowest BCUT2D eigenvalue weighted by atomic mass is 10.5. The highest BCUT2D eigenvalue weighted by Crippen LogP contribution is 2.07. The zero-order valence-corrected chi connectivity index (χ0v) is 5.81. The van der Waals surface area contributed by atoms with E-state index < -0.39 is 22.7 Å². The van der Waals surface area contributed by atoms with Crippen molar-refractivity contribution in [2.24, 2.45) is 0 Å². The molecule has 0 unspecified atom stereocenters. The van der Waals surface area contributed by atoms with E-state index >= 15 is 0 Å². The summed E-state index contributed by atoms with van der Waals surface area (Å²) in [4.78, 5) is 0. The van der Waals surface area contributed by atoms with Crippen molar-refractivity contribution in [3.63, 3.8) is 0 Å². The normalized spacial score (nSPS) is 10.0. The summed E-state index contributed by atoms with van der Waals surface area (Å²) in [6, 6.07) is 0. The molecule has 0 aliphatic heterocycles. The molecule has 12 heavy (non-hydrogen) atoms. The molecule has 0 atom stereocenters. The molecule has 0 aliphatic rings. The summed E-state index contributed by atoms with van der Waals surface area (Å²) in [5.41, 5.74) is 3.47. The second-order valence-corrected chi connectivity index (χ2v) is 2.03. The van der Waals surface area contributed by atoms with E-state index in [1.54, 1.807) is 0 Å². The highest BCUT2D eigenvalue weighted by Gasteiger charge is 2.09. The van der Waals surface area contributed by atoms with Gasteiger partial charge in [-0.3, -0.25) is 10.8 Å². The molecule has 1 rings (SSSR count). The Morgan fingerprint density at radius 2 is 1.67 bits per heavy atom. The number of hydrogen-bond acceptors (Lipinski definition) is 6. The summed E-state index contributed by atoms with van der Waals surface area (Å²) in [5.74, 6) is -1.37. The van der Waals surface area contributed by atoms with E-state index in [2.05, 4.69) is 0 Å². The third kappa shape index (κ3) is 0.779. The maximum absolute atomic E-state index is 8.93. The molecule has 0 bridgehead atoms. The molecule has 66 valence electrons. The number of nitrogen functional groups attached to an aromatic ring is 1. The van der Waals surface area contributed by atoms with Gasteiger partial charge in [-0.15, -0.1) is 9.46 Å². The first kappa shape index (κ1) is 7.98. The van der Waals surface area contributed by atoms with Crippen LogP contribution in [0.25, 0.3) is 0 Å². The number of nitrogens with two attached hydrogens (primary N) is 1. The average Bonchev–Trinajstić information content (AvgIpc) is 2.08. The van der Waals surface area contributed by atoms with Gasteiger partial charge >= 0.3 is 0 Å². The fourth-order valence-corrected chi connectivity index (χ4v) is 0.632. The minimum absolute atomic E-state index is 0.0221. The molecule has 0 spiro atoms. The minimum atomic E-state index is -0.824. The van der Waals surface area contributed by atoms with Crippen molar-refractivity contribution < 1.29 is 15.5 Å². The van der Waals surface area contributed by atoms with Crippen molar-refractivity contribution >= 4 is 5.82 Å². The Morgan fingerprint density at radius 3 is 2.17 bits per heavy atom. The number of nitrogens with one attached hydrogen (secondary N) is 2. The molecule has 8 nitrogen and oxygen atoms in total. The molecule has 0 aliphatic carbocycles. The topological polar surface area (TPSA) is 144 Å². The predicted octanol–water partition coefficient (Wildman–Crippen LogP) is -1.99. The number of nitrogens with zero attached hydrogens (tertiary/aromatic N) is 2. The van der Waals surface area contributed by atoms with Crippen LogP contribution >= 0.6 is 0 Å². The van der Waals surface area contributed by atoms with Crippen molar-refractivity contribution in [2.75, 3.05) is 5.73 Å². The third-order valence-corrected chi connectivity index (χ3v) is 1.31. The van der Waals surface area contributed by atoms with Gasteiger partial charge in [0.1, 0.15) is 0 Å². The molecule has 0 aromatic carbocycles. The van der Waals surface area contributed by atoms with E-state index in [4.69, 9.17) is 32.1 Å². The first-order valence-electron chi connectivity index (χ1n) is 2.81. The fraction of sp³-hybridized carbons (Fsp3) is 0. The maximum atomic E-state index is 8.93. The Morgan fingerprint density at radius 1 is 1.17 bits per heavy atom. The Labute approximate surface area is 65.3 Å². The number of aromatic nitrogens is 2. The summed E-state index contributed by atoms with van der Waals surface area (Å²) in [7, 11) is 0. The van der Waals surface area contributed by atoms with Crippen molar-refractivity contribution in [1.82, 2.24) is 9.46 Å². The summed E-state index contributed by atoms with van der Waals surface area (Å²) in [5, 5.41) is 40.5. The van der Waals surface area contributed by atoms with Crippen molar-refractivity contribution in [2.45, 2.75) is 0 Å². The van der Waals surface area contributed by atoms with Gasteiger partial charge in [-0.25, -0.2) is 0 Å². The SMILES string of the molecule is N=c1c(O)c(N)n(O)c(=N)n1O. The van der Waals surface area contributed by atoms with Crippen LogP contribution in [0.1, 0.15) is 0 Å². The maximum Gasteiger partial charge on any atom is 0.273 e. The quantitative estimate of drug-likeness (QED) is 0.252. The number of anilines is 1. The smallest absolute Gasteiger partial charge is 0.273 e. The van der Waals surface area contributed by atoms with E-state index in [0.717, 1.165) is 0 Å². The van der Waals surface area contributed by atoms with Gasteiger partial charge < -0.3 is 21.3 Å². The third-order valence-electron chi connectivity index (χ3n) is 1.31. The molecule has 8 heteroatoms. The van der Waals surface area contributed by atoms with Gasteiger partial charge in [0, 0.05) is 0 Å². The van der Waals surface area contributed by atoms with Crippen molar-refractivity contribution in [3.8, 4) is 5.75 Å². The van der Waals surface area contributed by atoms with Crippen LogP contribution < -0.4 is 16.8 Å². The first-order valence-corrected chi connectivity index (χ1v) is 2.81. The summed E-state index contributed by atoms with van der Waals surface area (Å²) in [6.07, 6.45) is 0. The molecular weight excluding hydrogens is 166 g/mol. The van der Waals surface area contributed by atoms with Crippen LogP contribution in [0.5, 0.6) is 5.75 Å². The Hall–Kier alpha value is -2.12. The van der Waals surface area contributed by atoms with Crippen LogP contribution in [0.4, 0.5) is 5.82 Å². The van der Waals surface area contributed by atoms with E-state index in [1.165, 1.54) is 0 Å². The highest BCUT2D eigenvalue weighted by molar-refractivity contribution is 5.41. The molecule has 0 fully saturated rings. The number of aromatic hydroxyl groups is 1. The molecule has 0 amide bonds. The minimum Gasteiger partial charge on any atom is -0.502 e. The van der Waals surface area contributed by atoms with Gasteiger partial charge in [-0.1, -0.05) is 0 Å². The van der Waals surface area contributed by atoms with Gasteiger partial charge in [0.25, 0.3) is 5.62 Å². The van der Waals surface area contributed by atoms with Crippen molar-refractivity contribution in [3.05, 3.63) is 11.1 Å². The first-order chi connectivity index (χ1) is 5.46. The molecule has 0 saturated carbocycles. The molecule has 0 radical (unpaired) electrons. The summed E-state index contributed by atoms with van der Waals surface area (Å²) in [6.45, 7) is 0. The highest BCUT2D eigenvalue weighted by atomic mass is 16.5. The van der Waals surface area contributed by atoms with Crippen LogP contribution in [0.3, 0.4) is 0 Å². The Balaban J connectivity index is 3.86. The van der Waals surface area contributed by atoms with Crippen LogP contribution in [-0.4, -0.2) is 25.0 Å². The molecule has 1 heterocycles. The second kappa shape index (κ2) is 2.19. The molecule has 1 aromatic rings. The van der Waals surface area contributed by atoms with Crippen LogP contribution in [0.2, 0.25) is 0 Å². The Bertz CT molecular complexity index is 392. The monoisotopic (exact) mass is 173 g/mol. The van der Waals surface area contributed by atoms with Crippen molar-refractivity contribution in [1.29, 1.82) is 10.8 Å². The van der Waals surface area contributed by atoms with Crippen LogP contribution in [0.15, 0.2) is 0 Å². The number of rotatable bonds is 0. The van der Waals surface area contributed by atoms with Gasteiger partial charge in [0.15, 0.2) is 5.82 Å².